The first-order valence-corrected chi connectivity index (χ1v) is 7.38. The number of aryl methyl sites for hydroxylation is 1. The van der Waals surface area contributed by atoms with Crippen molar-refractivity contribution in [1.29, 1.82) is 0 Å². The van der Waals surface area contributed by atoms with Crippen molar-refractivity contribution in [2.24, 2.45) is 0 Å². The largest absolute Gasteiger partial charge is 0.383 e. The van der Waals surface area contributed by atoms with Crippen LogP contribution in [0, 0.1) is 0 Å². The van der Waals surface area contributed by atoms with E-state index < -0.39 is 0 Å². The number of hydrogen-bond acceptors (Lipinski definition) is 6. The molecule has 0 aliphatic heterocycles. The van der Waals surface area contributed by atoms with Gasteiger partial charge in [0.15, 0.2) is 5.16 Å². The number of anilines is 2. The summed E-state index contributed by atoms with van der Waals surface area (Å²) in [6.45, 7) is 1.58. The molecule has 0 unspecified atom stereocenters. The molecule has 8 heteroatoms. The van der Waals surface area contributed by atoms with Crippen molar-refractivity contribution in [2.45, 2.75) is 18.1 Å². The summed E-state index contributed by atoms with van der Waals surface area (Å²) in [7, 11) is 0. The maximum absolute atomic E-state index is 5.79. The summed E-state index contributed by atoms with van der Waals surface area (Å²) in [5, 5.41) is 8.65. The van der Waals surface area contributed by atoms with Crippen molar-refractivity contribution in [1.82, 2.24) is 19.7 Å². The zero-order chi connectivity index (χ0) is 13.7. The Bertz CT molecular complexity index is 544. The second-order valence-corrected chi connectivity index (χ2v) is 5.08. The Hall–Kier alpha value is -1.47. The molecule has 0 bridgehead atoms. The molecule has 0 aromatic carbocycles. The highest BCUT2D eigenvalue weighted by Gasteiger charge is 2.01. The monoisotopic (exact) mass is 298 g/mol. The van der Waals surface area contributed by atoms with E-state index in [1.807, 2.05) is 10.9 Å². The molecular weight excluding hydrogens is 284 g/mol. The quantitative estimate of drug-likeness (QED) is 0.483. The first-order chi connectivity index (χ1) is 9.17. The summed E-state index contributed by atoms with van der Waals surface area (Å²) in [5.41, 5.74) is 5.70. The standard InChI is InChI=1S/C11H15ClN6S/c1-19-11-16-9(13)5-10(17-11)14-3-2-4-18-7-8(12)6-15-18/h5-7H,2-4H2,1H3,(H3,13,14,16,17). The van der Waals surface area contributed by atoms with Crippen molar-refractivity contribution in [3.05, 3.63) is 23.5 Å². The minimum Gasteiger partial charge on any atom is -0.383 e. The highest BCUT2D eigenvalue weighted by molar-refractivity contribution is 7.98. The van der Waals surface area contributed by atoms with Crippen LogP contribution in [0.4, 0.5) is 11.6 Å². The Kier molecular flexibility index (Phi) is 4.86. The topological polar surface area (TPSA) is 81.6 Å². The normalized spacial score (nSPS) is 10.6. The molecule has 102 valence electrons. The molecule has 0 saturated heterocycles. The number of nitrogens with one attached hydrogen (secondary N) is 1. The van der Waals surface area contributed by atoms with Crippen LogP contribution in [0.3, 0.4) is 0 Å². The number of hydrogen-bond donors (Lipinski definition) is 2. The van der Waals surface area contributed by atoms with Crippen LogP contribution < -0.4 is 11.1 Å². The number of thioether (sulfide) groups is 1. The van der Waals surface area contributed by atoms with Gasteiger partial charge in [-0.1, -0.05) is 23.4 Å². The van der Waals surface area contributed by atoms with Crippen LogP contribution in [-0.2, 0) is 6.54 Å². The lowest BCUT2D eigenvalue weighted by atomic mass is 10.4. The Morgan fingerprint density at radius 3 is 3.00 bits per heavy atom. The van der Waals surface area contributed by atoms with Crippen molar-refractivity contribution >= 4 is 35.0 Å². The van der Waals surface area contributed by atoms with Gasteiger partial charge in [0, 0.05) is 25.4 Å². The summed E-state index contributed by atoms with van der Waals surface area (Å²) in [6, 6.07) is 1.73. The van der Waals surface area contributed by atoms with Crippen LogP contribution >= 0.6 is 23.4 Å². The Labute approximate surface area is 120 Å². The summed E-state index contributed by atoms with van der Waals surface area (Å²) < 4.78 is 1.81. The van der Waals surface area contributed by atoms with Crippen molar-refractivity contribution in [3.63, 3.8) is 0 Å². The lowest BCUT2D eigenvalue weighted by Gasteiger charge is -2.07. The predicted molar refractivity (Wildman–Crippen MR) is 78.6 cm³/mol. The number of nitrogens with zero attached hydrogens (tertiary/aromatic N) is 4. The Morgan fingerprint density at radius 2 is 2.32 bits per heavy atom. The molecule has 0 atom stereocenters. The van der Waals surface area contributed by atoms with E-state index in [4.69, 9.17) is 17.3 Å². The third kappa shape index (κ3) is 4.29. The fourth-order valence-electron chi connectivity index (χ4n) is 1.54. The smallest absolute Gasteiger partial charge is 0.191 e. The first-order valence-electron chi connectivity index (χ1n) is 5.78. The number of halogens is 1. The summed E-state index contributed by atoms with van der Waals surface area (Å²) in [5.74, 6) is 1.22. The van der Waals surface area contributed by atoms with E-state index >= 15 is 0 Å². The molecular formula is C11H15ClN6S. The van der Waals surface area contributed by atoms with Crippen LogP contribution in [-0.4, -0.2) is 32.5 Å². The van der Waals surface area contributed by atoms with E-state index in [9.17, 15) is 0 Å². The highest BCUT2D eigenvalue weighted by Crippen LogP contribution is 2.15. The molecule has 0 aliphatic carbocycles. The van der Waals surface area contributed by atoms with Gasteiger partial charge in [0.2, 0.25) is 0 Å². The molecule has 2 aromatic heterocycles. The van der Waals surface area contributed by atoms with Crippen molar-refractivity contribution < 1.29 is 0 Å². The minimum atomic E-state index is 0.473. The second kappa shape index (κ2) is 6.63. The summed E-state index contributed by atoms with van der Waals surface area (Å²) in [4.78, 5) is 8.41. The van der Waals surface area contributed by atoms with Crippen molar-refractivity contribution in [2.75, 3.05) is 23.9 Å². The van der Waals surface area contributed by atoms with Crippen LogP contribution in [0.1, 0.15) is 6.42 Å². The van der Waals surface area contributed by atoms with Gasteiger partial charge < -0.3 is 11.1 Å². The molecule has 2 rings (SSSR count). The molecule has 0 radical (unpaired) electrons. The molecule has 0 spiro atoms. The van der Waals surface area contributed by atoms with E-state index in [1.54, 1.807) is 18.5 Å². The van der Waals surface area contributed by atoms with E-state index in [0.717, 1.165) is 25.3 Å². The van der Waals surface area contributed by atoms with Gasteiger partial charge in [0.05, 0.1) is 11.2 Å². The van der Waals surface area contributed by atoms with Crippen LogP contribution in [0.5, 0.6) is 0 Å². The zero-order valence-electron chi connectivity index (χ0n) is 10.5. The van der Waals surface area contributed by atoms with Gasteiger partial charge >= 0.3 is 0 Å². The molecule has 0 aliphatic rings. The molecule has 0 amide bonds. The third-order valence-corrected chi connectivity index (χ3v) is 3.12. The number of nitrogens with two attached hydrogens (primary N) is 1. The van der Waals surface area contributed by atoms with Gasteiger partial charge in [-0.2, -0.15) is 5.10 Å². The Balaban J connectivity index is 1.80. The van der Waals surface area contributed by atoms with Gasteiger partial charge in [-0.05, 0) is 12.7 Å². The van der Waals surface area contributed by atoms with Crippen LogP contribution in [0.2, 0.25) is 5.02 Å². The van der Waals surface area contributed by atoms with Gasteiger partial charge in [-0.3, -0.25) is 4.68 Å². The van der Waals surface area contributed by atoms with E-state index in [1.165, 1.54) is 11.8 Å². The number of nitrogen functional groups attached to an aromatic ring is 1. The zero-order valence-corrected chi connectivity index (χ0v) is 12.1. The molecule has 6 nitrogen and oxygen atoms in total. The van der Waals surface area contributed by atoms with Gasteiger partial charge in [0.1, 0.15) is 11.6 Å². The first kappa shape index (κ1) is 14.0. The fraction of sp³-hybridized carbons (Fsp3) is 0.364. The molecule has 2 heterocycles. The maximum Gasteiger partial charge on any atom is 0.191 e. The van der Waals surface area contributed by atoms with Crippen LogP contribution in [0.25, 0.3) is 0 Å². The molecule has 0 fully saturated rings. The summed E-state index contributed by atoms with van der Waals surface area (Å²) >= 11 is 7.25. The van der Waals surface area contributed by atoms with Gasteiger partial charge in [0.25, 0.3) is 0 Å². The molecule has 3 N–H and O–H groups in total. The van der Waals surface area contributed by atoms with E-state index in [-0.39, 0.29) is 0 Å². The lowest BCUT2D eigenvalue weighted by Crippen LogP contribution is -2.09. The second-order valence-electron chi connectivity index (χ2n) is 3.87. The number of rotatable bonds is 6. The SMILES string of the molecule is CSc1nc(N)cc(NCCCn2cc(Cl)cn2)n1. The minimum absolute atomic E-state index is 0.473. The van der Waals surface area contributed by atoms with Gasteiger partial charge in [-0.25, -0.2) is 9.97 Å². The highest BCUT2D eigenvalue weighted by atomic mass is 35.5. The van der Waals surface area contributed by atoms with Gasteiger partial charge in [-0.15, -0.1) is 0 Å². The lowest BCUT2D eigenvalue weighted by molar-refractivity contribution is 0.591. The van der Waals surface area contributed by atoms with E-state index in [0.29, 0.717) is 16.0 Å². The van der Waals surface area contributed by atoms with E-state index in [2.05, 4.69) is 20.4 Å². The predicted octanol–water partition coefficient (Wildman–Crippen LogP) is 2.13. The summed E-state index contributed by atoms with van der Waals surface area (Å²) in [6.07, 6.45) is 6.26. The molecule has 0 saturated carbocycles. The molecule has 19 heavy (non-hydrogen) atoms. The van der Waals surface area contributed by atoms with Crippen LogP contribution in [0.15, 0.2) is 23.6 Å². The number of aromatic nitrogens is 4. The average Bonchev–Trinajstić information content (AvgIpc) is 2.80. The Morgan fingerprint density at radius 1 is 1.47 bits per heavy atom. The fourth-order valence-corrected chi connectivity index (χ4v) is 2.09. The van der Waals surface area contributed by atoms with Crippen molar-refractivity contribution in [3.8, 4) is 0 Å². The average molecular weight is 299 g/mol. The third-order valence-electron chi connectivity index (χ3n) is 2.38. The maximum atomic E-state index is 5.79. The molecule has 2 aromatic rings.